The van der Waals surface area contributed by atoms with Crippen molar-refractivity contribution in [3.05, 3.63) is 51.2 Å². The molecule has 2 heterocycles. The third-order valence-corrected chi connectivity index (χ3v) is 6.41. The van der Waals surface area contributed by atoms with E-state index in [0.717, 1.165) is 23.4 Å². The van der Waals surface area contributed by atoms with Gasteiger partial charge in [-0.2, -0.15) is 0 Å². The average Bonchev–Trinajstić information content (AvgIpc) is 3.49. The van der Waals surface area contributed by atoms with Crippen LogP contribution in [0.25, 0.3) is 0 Å². The van der Waals surface area contributed by atoms with E-state index in [2.05, 4.69) is 10.3 Å². The number of thiazole rings is 1. The van der Waals surface area contributed by atoms with Crippen LogP contribution in [0.3, 0.4) is 0 Å². The highest BCUT2D eigenvalue weighted by Crippen LogP contribution is 2.23. The predicted octanol–water partition coefficient (Wildman–Crippen LogP) is 1.74. The van der Waals surface area contributed by atoms with Crippen LogP contribution in [0, 0.1) is 12.7 Å². The molecule has 1 aliphatic carbocycles. The van der Waals surface area contributed by atoms with E-state index in [0.29, 0.717) is 43.2 Å². The molecule has 30 heavy (non-hydrogen) atoms. The summed E-state index contributed by atoms with van der Waals surface area (Å²) in [7, 11) is 0. The lowest BCUT2D eigenvalue weighted by molar-refractivity contribution is -0.146. The van der Waals surface area contributed by atoms with Crippen molar-refractivity contribution in [3.8, 4) is 0 Å². The second kappa shape index (κ2) is 8.51. The lowest BCUT2D eigenvalue weighted by Gasteiger charge is -2.34. The van der Waals surface area contributed by atoms with Crippen LogP contribution in [0.4, 0.5) is 4.39 Å². The van der Waals surface area contributed by atoms with Gasteiger partial charge in [-0.25, -0.2) is 9.37 Å². The first-order valence-corrected chi connectivity index (χ1v) is 10.8. The number of benzene rings is 1. The number of nitrogens with zero attached hydrogens (tertiary/aromatic N) is 3. The molecule has 2 aliphatic rings. The Labute approximate surface area is 177 Å². The number of halogens is 1. The monoisotopic (exact) mass is 430 g/mol. The van der Waals surface area contributed by atoms with Crippen LogP contribution in [0.5, 0.6) is 0 Å². The third-order valence-electron chi connectivity index (χ3n) is 5.26. The van der Waals surface area contributed by atoms with Crippen molar-refractivity contribution < 1.29 is 18.8 Å². The molecule has 9 heteroatoms. The molecule has 1 saturated carbocycles. The maximum Gasteiger partial charge on any atom is 0.312 e. The molecule has 1 aromatic heterocycles. The Kier molecular flexibility index (Phi) is 5.80. The Bertz CT molecular complexity index is 963. The molecule has 158 valence electrons. The van der Waals surface area contributed by atoms with E-state index < -0.39 is 11.8 Å². The molecule has 0 radical (unpaired) electrons. The SMILES string of the molecule is Cc1nc(Cc2ccc(F)cc2)sc1C(=O)N1CCN(C(=O)C(=O)NC2CC2)CC1. The van der Waals surface area contributed by atoms with Crippen molar-refractivity contribution in [1.82, 2.24) is 20.1 Å². The van der Waals surface area contributed by atoms with Crippen molar-refractivity contribution in [2.75, 3.05) is 26.2 Å². The van der Waals surface area contributed by atoms with Gasteiger partial charge in [-0.3, -0.25) is 14.4 Å². The van der Waals surface area contributed by atoms with Crippen molar-refractivity contribution in [3.63, 3.8) is 0 Å². The van der Waals surface area contributed by atoms with Crippen LogP contribution >= 0.6 is 11.3 Å². The lowest BCUT2D eigenvalue weighted by Crippen LogP contribution is -2.54. The fourth-order valence-electron chi connectivity index (χ4n) is 3.38. The minimum Gasteiger partial charge on any atom is -0.345 e. The van der Waals surface area contributed by atoms with Crippen molar-refractivity contribution in [2.45, 2.75) is 32.2 Å². The van der Waals surface area contributed by atoms with Gasteiger partial charge in [-0.05, 0) is 37.5 Å². The van der Waals surface area contributed by atoms with E-state index in [1.807, 2.05) is 0 Å². The van der Waals surface area contributed by atoms with E-state index >= 15 is 0 Å². The predicted molar refractivity (Wildman–Crippen MR) is 110 cm³/mol. The van der Waals surface area contributed by atoms with Gasteiger partial charge in [-0.1, -0.05) is 12.1 Å². The van der Waals surface area contributed by atoms with Crippen molar-refractivity contribution in [2.24, 2.45) is 0 Å². The number of aryl methyl sites for hydroxylation is 1. The summed E-state index contributed by atoms with van der Waals surface area (Å²) in [5.41, 5.74) is 1.60. The Balaban J connectivity index is 1.34. The van der Waals surface area contributed by atoms with Crippen molar-refractivity contribution in [1.29, 1.82) is 0 Å². The van der Waals surface area contributed by atoms with Crippen LogP contribution in [0.2, 0.25) is 0 Å². The zero-order valence-electron chi connectivity index (χ0n) is 16.7. The number of piperazine rings is 1. The summed E-state index contributed by atoms with van der Waals surface area (Å²) < 4.78 is 13.1. The lowest BCUT2D eigenvalue weighted by atomic mass is 10.1. The second-order valence-corrected chi connectivity index (χ2v) is 8.74. The number of nitrogens with one attached hydrogen (secondary N) is 1. The van der Waals surface area contributed by atoms with Gasteiger partial charge in [0.25, 0.3) is 5.91 Å². The normalized spacial score (nSPS) is 16.5. The summed E-state index contributed by atoms with van der Waals surface area (Å²) >= 11 is 1.35. The van der Waals surface area contributed by atoms with E-state index in [1.54, 1.807) is 24.0 Å². The minimum absolute atomic E-state index is 0.107. The first-order valence-electron chi connectivity index (χ1n) is 10.0. The Morgan fingerprint density at radius 3 is 2.37 bits per heavy atom. The molecule has 1 aromatic carbocycles. The van der Waals surface area contributed by atoms with Crippen molar-refractivity contribution >= 4 is 29.1 Å². The van der Waals surface area contributed by atoms with Gasteiger partial charge in [0.2, 0.25) is 0 Å². The zero-order valence-corrected chi connectivity index (χ0v) is 17.5. The molecule has 7 nitrogen and oxygen atoms in total. The number of amides is 3. The van der Waals surface area contributed by atoms with Crippen LogP contribution in [0.15, 0.2) is 24.3 Å². The first-order chi connectivity index (χ1) is 14.4. The zero-order chi connectivity index (χ0) is 21.3. The van der Waals surface area contributed by atoms with E-state index in [1.165, 1.54) is 28.4 Å². The fraction of sp³-hybridized carbons (Fsp3) is 0.429. The molecule has 2 aromatic rings. The van der Waals surface area contributed by atoms with Crippen LogP contribution in [-0.2, 0) is 16.0 Å². The van der Waals surface area contributed by atoms with Gasteiger partial charge in [0, 0.05) is 38.6 Å². The fourth-order valence-corrected chi connectivity index (χ4v) is 4.44. The van der Waals surface area contributed by atoms with Gasteiger partial charge in [-0.15, -0.1) is 11.3 Å². The van der Waals surface area contributed by atoms with Crippen LogP contribution in [0.1, 0.15) is 38.8 Å². The smallest absolute Gasteiger partial charge is 0.312 e. The second-order valence-electron chi connectivity index (χ2n) is 7.66. The van der Waals surface area contributed by atoms with Gasteiger partial charge >= 0.3 is 11.8 Å². The van der Waals surface area contributed by atoms with Gasteiger partial charge < -0.3 is 15.1 Å². The van der Waals surface area contributed by atoms with E-state index in [9.17, 15) is 18.8 Å². The minimum atomic E-state index is -0.555. The molecule has 2 fully saturated rings. The number of carbonyl (C=O) groups excluding carboxylic acids is 3. The molecular formula is C21H23FN4O3S. The summed E-state index contributed by atoms with van der Waals surface area (Å²) in [5.74, 6) is -1.47. The number of carbonyl (C=O) groups is 3. The van der Waals surface area contributed by atoms with E-state index in [-0.39, 0.29) is 17.8 Å². The molecule has 0 atom stereocenters. The average molecular weight is 431 g/mol. The number of aromatic nitrogens is 1. The molecule has 1 saturated heterocycles. The Hall–Kier alpha value is -2.81. The largest absolute Gasteiger partial charge is 0.345 e. The molecule has 1 N–H and O–H groups in total. The Morgan fingerprint density at radius 2 is 1.73 bits per heavy atom. The first kappa shape index (κ1) is 20.5. The highest BCUT2D eigenvalue weighted by Gasteiger charge is 2.32. The summed E-state index contributed by atoms with van der Waals surface area (Å²) in [6.07, 6.45) is 2.40. The summed E-state index contributed by atoms with van der Waals surface area (Å²) in [4.78, 5) is 45.4. The van der Waals surface area contributed by atoms with Gasteiger partial charge in [0.05, 0.1) is 10.7 Å². The molecule has 4 rings (SSSR count). The highest BCUT2D eigenvalue weighted by atomic mass is 32.1. The third kappa shape index (κ3) is 4.67. The molecule has 1 aliphatic heterocycles. The molecular weight excluding hydrogens is 407 g/mol. The topological polar surface area (TPSA) is 82.6 Å². The van der Waals surface area contributed by atoms with Crippen LogP contribution in [-0.4, -0.2) is 64.7 Å². The standard InChI is InChI=1S/C21H23FN4O3S/c1-13-18(30-17(23-13)12-14-2-4-15(22)5-3-14)20(28)25-8-10-26(11-9-25)21(29)19(27)24-16-6-7-16/h2-5,16H,6-12H2,1H3,(H,24,27). The summed E-state index contributed by atoms with van der Waals surface area (Å²) in [6.45, 7) is 3.24. The summed E-state index contributed by atoms with van der Waals surface area (Å²) in [5, 5.41) is 3.50. The number of rotatable bonds is 4. The van der Waals surface area contributed by atoms with Crippen LogP contribution < -0.4 is 5.32 Å². The molecule has 0 unspecified atom stereocenters. The Morgan fingerprint density at radius 1 is 1.10 bits per heavy atom. The maximum absolute atomic E-state index is 13.1. The number of hydrogen-bond acceptors (Lipinski definition) is 5. The maximum atomic E-state index is 13.1. The molecule has 3 amide bonds. The molecule has 0 bridgehead atoms. The highest BCUT2D eigenvalue weighted by molar-refractivity contribution is 7.13. The molecule has 0 spiro atoms. The van der Waals surface area contributed by atoms with Gasteiger partial charge in [0.1, 0.15) is 10.7 Å². The quantitative estimate of drug-likeness (QED) is 0.750. The van der Waals surface area contributed by atoms with Gasteiger partial charge in [0.15, 0.2) is 0 Å². The van der Waals surface area contributed by atoms with E-state index in [4.69, 9.17) is 0 Å². The number of hydrogen-bond donors (Lipinski definition) is 1. The summed E-state index contributed by atoms with van der Waals surface area (Å²) in [6, 6.07) is 6.38.